The van der Waals surface area contributed by atoms with Crippen LogP contribution in [0, 0.1) is 0 Å². The lowest BCUT2D eigenvalue weighted by Crippen LogP contribution is -2.48. The fraction of sp³-hybridized carbons (Fsp3) is 0.545. The first-order valence-electron chi connectivity index (χ1n) is 5.71. The van der Waals surface area contributed by atoms with Gasteiger partial charge in [0.1, 0.15) is 12.1 Å². The molecule has 0 bridgehead atoms. The summed E-state index contributed by atoms with van der Waals surface area (Å²) < 4.78 is 4.86. The highest BCUT2D eigenvalue weighted by atomic mass is 32.1. The standard InChI is InChI=1S/C11H15N3O3S/c1-6(3-8-4-18-5-12-8)13-10(15)9-7(2)17-11(16)14-9/h4-7,9H,3H2,1-2H3,(H,13,15)(H,14,16)/t6?,7-,9-/m0/s1. The topological polar surface area (TPSA) is 80.3 Å². The molecule has 7 heteroatoms. The Bertz CT molecular complexity index is 435. The van der Waals surface area contributed by atoms with Gasteiger partial charge in [0.25, 0.3) is 0 Å². The maximum absolute atomic E-state index is 11.9. The van der Waals surface area contributed by atoms with E-state index in [1.54, 1.807) is 12.4 Å². The summed E-state index contributed by atoms with van der Waals surface area (Å²) in [7, 11) is 0. The van der Waals surface area contributed by atoms with Gasteiger partial charge in [-0.3, -0.25) is 4.79 Å². The minimum Gasteiger partial charge on any atom is -0.444 e. The van der Waals surface area contributed by atoms with Crippen molar-refractivity contribution in [2.24, 2.45) is 0 Å². The van der Waals surface area contributed by atoms with Crippen molar-refractivity contribution in [3.05, 3.63) is 16.6 Å². The number of alkyl carbamates (subject to hydrolysis) is 1. The largest absolute Gasteiger partial charge is 0.444 e. The number of carbonyl (C=O) groups excluding carboxylic acids is 2. The Labute approximate surface area is 109 Å². The van der Waals surface area contributed by atoms with Gasteiger partial charge in [0.15, 0.2) is 0 Å². The van der Waals surface area contributed by atoms with Crippen LogP contribution < -0.4 is 10.6 Å². The summed E-state index contributed by atoms with van der Waals surface area (Å²) in [6.45, 7) is 3.59. The van der Waals surface area contributed by atoms with Gasteiger partial charge in [0.2, 0.25) is 5.91 Å². The Balaban J connectivity index is 1.85. The van der Waals surface area contributed by atoms with E-state index in [9.17, 15) is 9.59 Å². The van der Waals surface area contributed by atoms with Gasteiger partial charge in [-0.05, 0) is 13.8 Å². The molecular weight excluding hydrogens is 254 g/mol. The van der Waals surface area contributed by atoms with Crippen LogP contribution in [0.25, 0.3) is 0 Å². The van der Waals surface area contributed by atoms with Crippen LogP contribution >= 0.6 is 11.3 Å². The van der Waals surface area contributed by atoms with E-state index in [1.165, 1.54) is 11.3 Å². The third-order valence-corrected chi connectivity index (χ3v) is 3.34. The van der Waals surface area contributed by atoms with Crippen molar-refractivity contribution in [2.45, 2.75) is 38.5 Å². The summed E-state index contributed by atoms with van der Waals surface area (Å²) >= 11 is 1.53. The lowest BCUT2D eigenvalue weighted by Gasteiger charge is -2.17. The number of cyclic esters (lactones) is 1. The summed E-state index contributed by atoms with van der Waals surface area (Å²) in [5, 5.41) is 7.27. The van der Waals surface area contributed by atoms with Crippen LogP contribution in [0.3, 0.4) is 0 Å². The zero-order valence-electron chi connectivity index (χ0n) is 10.2. The van der Waals surface area contributed by atoms with Gasteiger partial charge in [-0.1, -0.05) is 0 Å². The van der Waals surface area contributed by atoms with Gasteiger partial charge in [-0.25, -0.2) is 9.78 Å². The molecule has 0 aliphatic carbocycles. The number of nitrogens with zero attached hydrogens (tertiary/aromatic N) is 1. The number of thiazole rings is 1. The molecule has 1 aliphatic rings. The molecule has 0 aromatic carbocycles. The molecular formula is C11H15N3O3S. The van der Waals surface area contributed by atoms with Crippen molar-refractivity contribution in [3.63, 3.8) is 0 Å². The molecule has 2 amide bonds. The van der Waals surface area contributed by atoms with Crippen molar-refractivity contribution < 1.29 is 14.3 Å². The van der Waals surface area contributed by atoms with E-state index in [-0.39, 0.29) is 11.9 Å². The van der Waals surface area contributed by atoms with Gasteiger partial charge in [-0.2, -0.15) is 0 Å². The van der Waals surface area contributed by atoms with E-state index < -0.39 is 18.2 Å². The van der Waals surface area contributed by atoms with Gasteiger partial charge in [0, 0.05) is 17.8 Å². The zero-order chi connectivity index (χ0) is 13.1. The van der Waals surface area contributed by atoms with Crippen LogP contribution in [-0.4, -0.2) is 35.2 Å². The van der Waals surface area contributed by atoms with Crippen molar-refractivity contribution in [1.29, 1.82) is 0 Å². The number of carbonyl (C=O) groups is 2. The quantitative estimate of drug-likeness (QED) is 0.842. The van der Waals surface area contributed by atoms with Crippen LogP contribution in [-0.2, 0) is 16.0 Å². The van der Waals surface area contributed by atoms with Crippen LogP contribution in [0.5, 0.6) is 0 Å². The third kappa shape index (κ3) is 2.98. The molecule has 1 aromatic rings. The summed E-state index contributed by atoms with van der Waals surface area (Å²) in [5.74, 6) is -0.226. The Kier molecular flexibility index (Phi) is 3.81. The number of amides is 2. The summed E-state index contributed by atoms with van der Waals surface area (Å²) in [6, 6.07) is -0.653. The van der Waals surface area contributed by atoms with Gasteiger partial charge < -0.3 is 15.4 Å². The van der Waals surface area contributed by atoms with Gasteiger partial charge >= 0.3 is 6.09 Å². The van der Waals surface area contributed by atoms with Crippen LogP contribution in [0.15, 0.2) is 10.9 Å². The Morgan fingerprint density at radius 2 is 2.50 bits per heavy atom. The number of hydrogen-bond acceptors (Lipinski definition) is 5. The highest BCUT2D eigenvalue weighted by Gasteiger charge is 2.36. The molecule has 6 nitrogen and oxygen atoms in total. The lowest BCUT2D eigenvalue weighted by molar-refractivity contribution is -0.124. The highest BCUT2D eigenvalue weighted by molar-refractivity contribution is 7.07. The monoisotopic (exact) mass is 269 g/mol. The number of aromatic nitrogens is 1. The first kappa shape index (κ1) is 12.8. The third-order valence-electron chi connectivity index (χ3n) is 2.71. The second-order valence-corrected chi connectivity index (χ2v) is 5.04. The maximum atomic E-state index is 11.9. The van der Waals surface area contributed by atoms with Crippen molar-refractivity contribution in [3.8, 4) is 0 Å². The molecule has 98 valence electrons. The first-order chi connectivity index (χ1) is 8.56. The van der Waals surface area contributed by atoms with E-state index in [4.69, 9.17) is 4.74 Å². The Morgan fingerprint density at radius 3 is 3.06 bits per heavy atom. The minimum absolute atomic E-state index is 0.0377. The smallest absolute Gasteiger partial charge is 0.408 e. The van der Waals surface area contributed by atoms with E-state index in [0.29, 0.717) is 6.42 Å². The molecule has 1 aliphatic heterocycles. The molecule has 1 fully saturated rings. The molecule has 0 saturated carbocycles. The predicted octanol–water partition coefficient (Wildman–Crippen LogP) is 0.687. The van der Waals surface area contributed by atoms with Crippen LogP contribution in [0.4, 0.5) is 4.79 Å². The molecule has 1 aromatic heterocycles. The SMILES string of the molecule is CC(Cc1cscn1)NC(=O)[C@H]1NC(=O)O[C@H]1C. The summed E-state index contributed by atoms with van der Waals surface area (Å²) in [6.07, 6.45) is -0.315. The Morgan fingerprint density at radius 1 is 1.72 bits per heavy atom. The summed E-state index contributed by atoms with van der Waals surface area (Å²) in [4.78, 5) is 27.1. The van der Waals surface area contributed by atoms with Crippen molar-refractivity contribution in [2.75, 3.05) is 0 Å². The number of hydrogen-bond donors (Lipinski definition) is 2. The van der Waals surface area contributed by atoms with E-state index >= 15 is 0 Å². The second kappa shape index (κ2) is 5.34. The molecule has 1 saturated heterocycles. The zero-order valence-corrected chi connectivity index (χ0v) is 11.0. The van der Waals surface area contributed by atoms with E-state index in [1.807, 2.05) is 12.3 Å². The molecule has 1 unspecified atom stereocenters. The molecule has 2 heterocycles. The fourth-order valence-electron chi connectivity index (χ4n) is 1.83. The van der Waals surface area contributed by atoms with Crippen LogP contribution in [0.2, 0.25) is 0 Å². The molecule has 18 heavy (non-hydrogen) atoms. The average Bonchev–Trinajstić information content (AvgIpc) is 2.88. The summed E-state index contributed by atoms with van der Waals surface area (Å²) in [5.41, 5.74) is 2.71. The highest BCUT2D eigenvalue weighted by Crippen LogP contribution is 2.09. The molecule has 0 spiro atoms. The number of rotatable bonds is 4. The van der Waals surface area contributed by atoms with E-state index in [0.717, 1.165) is 5.69 Å². The predicted molar refractivity (Wildman–Crippen MR) is 66.3 cm³/mol. The Hall–Kier alpha value is -1.63. The van der Waals surface area contributed by atoms with Gasteiger partial charge in [0.05, 0.1) is 11.2 Å². The normalized spacial score (nSPS) is 24.2. The number of nitrogens with one attached hydrogen (secondary N) is 2. The van der Waals surface area contributed by atoms with Crippen LogP contribution in [0.1, 0.15) is 19.5 Å². The first-order valence-corrected chi connectivity index (χ1v) is 6.65. The second-order valence-electron chi connectivity index (χ2n) is 4.33. The number of ether oxygens (including phenoxy) is 1. The average molecular weight is 269 g/mol. The lowest BCUT2D eigenvalue weighted by atomic mass is 10.1. The molecule has 3 atom stereocenters. The molecule has 2 N–H and O–H groups in total. The fourth-order valence-corrected chi connectivity index (χ4v) is 2.40. The molecule has 0 radical (unpaired) electrons. The maximum Gasteiger partial charge on any atom is 0.408 e. The van der Waals surface area contributed by atoms with Gasteiger partial charge in [-0.15, -0.1) is 11.3 Å². The van der Waals surface area contributed by atoms with Crippen molar-refractivity contribution >= 4 is 23.3 Å². The molecule has 2 rings (SSSR count). The minimum atomic E-state index is -0.615. The van der Waals surface area contributed by atoms with Crippen molar-refractivity contribution in [1.82, 2.24) is 15.6 Å². The van der Waals surface area contributed by atoms with E-state index in [2.05, 4.69) is 15.6 Å².